The molecule has 15 heavy (non-hydrogen) atoms. The molecule has 1 spiro atoms. The number of carbonyl (C=O) groups excluding carboxylic acids is 2. The summed E-state index contributed by atoms with van der Waals surface area (Å²) in [5, 5.41) is 0. The third-order valence-electron chi connectivity index (χ3n) is 4.01. The van der Waals surface area contributed by atoms with Gasteiger partial charge in [-0.05, 0) is 12.8 Å². The fourth-order valence-corrected chi connectivity index (χ4v) is 3.20. The Balaban J connectivity index is 2.29. The van der Waals surface area contributed by atoms with Gasteiger partial charge < -0.3 is 0 Å². The molecule has 0 radical (unpaired) electrons. The SMILES string of the molecule is C#CCC1C(=O)CC(=O)C12CCCCC2. The zero-order valence-corrected chi connectivity index (χ0v) is 8.92. The molecule has 2 saturated carbocycles. The smallest absolute Gasteiger partial charge is 0.147 e. The molecule has 0 aromatic heterocycles. The van der Waals surface area contributed by atoms with Crippen LogP contribution in [0.1, 0.15) is 44.9 Å². The van der Waals surface area contributed by atoms with Crippen LogP contribution in [0, 0.1) is 23.7 Å². The van der Waals surface area contributed by atoms with Crippen molar-refractivity contribution in [3.8, 4) is 12.3 Å². The molecule has 2 aliphatic rings. The number of ketones is 2. The van der Waals surface area contributed by atoms with Crippen molar-refractivity contribution < 1.29 is 9.59 Å². The molecular weight excluding hydrogens is 188 g/mol. The van der Waals surface area contributed by atoms with Crippen molar-refractivity contribution in [2.24, 2.45) is 11.3 Å². The summed E-state index contributed by atoms with van der Waals surface area (Å²) in [6.45, 7) is 0. The third-order valence-corrected chi connectivity index (χ3v) is 4.01. The lowest BCUT2D eigenvalue weighted by molar-refractivity contribution is -0.129. The van der Waals surface area contributed by atoms with Crippen LogP contribution in [-0.2, 0) is 9.59 Å². The van der Waals surface area contributed by atoms with E-state index < -0.39 is 0 Å². The maximum Gasteiger partial charge on any atom is 0.147 e. The number of hydrogen-bond acceptors (Lipinski definition) is 2. The Hall–Kier alpha value is -1.10. The summed E-state index contributed by atoms with van der Waals surface area (Å²) in [4.78, 5) is 23.7. The minimum absolute atomic E-state index is 0.0832. The van der Waals surface area contributed by atoms with Gasteiger partial charge >= 0.3 is 0 Å². The first-order chi connectivity index (χ1) is 7.20. The Labute approximate surface area is 90.4 Å². The highest BCUT2D eigenvalue weighted by molar-refractivity contribution is 6.10. The molecule has 2 rings (SSSR count). The first-order valence-electron chi connectivity index (χ1n) is 5.70. The van der Waals surface area contributed by atoms with Crippen LogP contribution in [0.15, 0.2) is 0 Å². The lowest BCUT2D eigenvalue weighted by Gasteiger charge is -2.35. The van der Waals surface area contributed by atoms with E-state index in [0.29, 0.717) is 6.42 Å². The van der Waals surface area contributed by atoms with Crippen LogP contribution >= 0.6 is 0 Å². The van der Waals surface area contributed by atoms with Crippen LogP contribution in [-0.4, -0.2) is 11.6 Å². The Bertz CT molecular complexity index is 329. The highest BCUT2D eigenvalue weighted by Gasteiger charge is 2.53. The van der Waals surface area contributed by atoms with E-state index in [1.165, 1.54) is 6.42 Å². The van der Waals surface area contributed by atoms with Gasteiger partial charge in [-0.25, -0.2) is 0 Å². The first kappa shape index (κ1) is 10.4. The molecule has 2 fully saturated rings. The van der Waals surface area contributed by atoms with Crippen molar-refractivity contribution in [2.45, 2.75) is 44.9 Å². The number of hydrogen-bond donors (Lipinski definition) is 0. The van der Waals surface area contributed by atoms with Gasteiger partial charge in [0.15, 0.2) is 0 Å². The summed E-state index contributed by atoms with van der Waals surface area (Å²) in [5.41, 5.74) is -0.359. The predicted octanol–water partition coefficient (Wildman–Crippen LogP) is 2.12. The molecule has 0 aliphatic heterocycles. The molecule has 0 N–H and O–H groups in total. The lowest BCUT2D eigenvalue weighted by atomic mass is 9.66. The number of terminal acetylenes is 1. The summed E-state index contributed by atoms with van der Waals surface area (Å²) >= 11 is 0. The van der Waals surface area contributed by atoms with Gasteiger partial charge in [0.2, 0.25) is 0 Å². The molecule has 1 unspecified atom stereocenters. The van der Waals surface area contributed by atoms with Crippen molar-refractivity contribution in [3.63, 3.8) is 0 Å². The van der Waals surface area contributed by atoms with Crippen molar-refractivity contribution in [1.29, 1.82) is 0 Å². The summed E-state index contributed by atoms with van der Waals surface area (Å²) in [6, 6.07) is 0. The second-order valence-electron chi connectivity index (χ2n) is 4.74. The van der Waals surface area contributed by atoms with Crippen LogP contribution in [0.3, 0.4) is 0 Å². The quantitative estimate of drug-likeness (QED) is 0.484. The van der Waals surface area contributed by atoms with E-state index in [-0.39, 0.29) is 29.3 Å². The van der Waals surface area contributed by atoms with Crippen LogP contribution in [0.2, 0.25) is 0 Å². The molecule has 0 bridgehead atoms. The van der Waals surface area contributed by atoms with Gasteiger partial charge in [0, 0.05) is 17.8 Å². The lowest BCUT2D eigenvalue weighted by Crippen LogP contribution is -2.35. The number of Topliss-reactive ketones (excluding diaryl/α,β-unsaturated/α-hetero) is 2. The average molecular weight is 204 g/mol. The molecule has 2 aliphatic carbocycles. The molecular formula is C13H16O2. The van der Waals surface area contributed by atoms with Crippen LogP contribution in [0.25, 0.3) is 0 Å². The molecule has 0 aromatic carbocycles. The summed E-state index contributed by atoms with van der Waals surface area (Å²) in [6.07, 6.45) is 11.0. The van der Waals surface area contributed by atoms with Crippen molar-refractivity contribution in [1.82, 2.24) is 0 Å². The standard InChI is InChI=1S/C13H16O2/c1-2-6-10-11(14)9-12(15)13(10)7-4-3-5-8-13/h1,10H,3-9H2. The van der Waals surface area contributed by atoms with E-state index in [1.54, 1.807) is 0 Å². The van der Waals surface area contributed by atoms with Crippen molar-refractivity contribution in [2.75, 3.05) is 0 Å². The highest BCUT2D eigenvalue weighted by Crippen LogP contribution is 2.50. The fourth-order valence-electron chi connectivity index (χ4n) is 3.20. The van der Waals surface area contributed by atoms with E-state index in [1.807, 2.05) is 0 Å². The Morgan fingerprint density at radius 3 is 2.53 bits per heavy atom. The normalized spacial score (nSPS) is 29.4. The Morgan fingerprint density at radius 2 is 1.93 bits per heavy atom. The maximum atomic E-state index is 12.0. The van der Waals surface area contributed by atoms with Gasteiger partial charge in [0.1, 0.15) is 11.6 Å². The Kier molecular flexibility index (Phi) is 2.65. The predicted molar refractivity (Wildman–Crippen MR) is 57.1 cm³/mol. The molecule has 0 heterocycles. The number of rotatable bonds is 1. The fraction of sp³-hybridized carbons (Fsp3) is 0.692. The number of carbonyl (C=O) groups is 2. The molecule has 0 saturated heterocycles. The second kappa shape index (κ2) is 3.81. The van der Waals surface area contributed by atoms with Gasteiger partial charge in [-0.1, -0.05) is 19.3 Å². The first-order valence-corrected chi connectivity index (χ1v) is 5.70. The van der Waals surface area contributed by atoms with Crippen molar-refractivity contribution in [3.05, 3.63) is 0 Å². The Morgan fingerprint density at radius 1 is 1.27 bits per heavy atom. The van der Waals surface area contributed by atoms with Crippen LogP contribution < -0.4 is 0 Å². The van der Waals surface area contributed by atoms with E-state index in [4.69, 9.17) is 6.42 Å². The van der Waals surface area contributed by atoms with E-state index in [2.05, 4.69) is 5.92 Å². The maximum absolute atomic E-state index is 12.0. The van der Waals surface area contributed by atoms with Gasteiger partial charge in [-0.2, -0.15) is 0 Å². The van der Waals surface area contributed by atoms with E-state index in [0.717, 1.165) is 25.7 Å². The summed E-state index contributed by atoms with van der Waals surface area (Å²) < 4.78 is 0. The van der Waals surface area contributed by atoms with Gasteiger partial charge in [-0.15, -0.1) is 12.3 Å². The van der Waals surface area contributed by atoms with Gasteiger partial charge in [0.05, 0.1) is 6.42 Å². The molecule has 80 valence electrons. The second-order valence-corrected chi connectivity index (χ2v) is 4.74. The minimum Gasteiger partial charge on any atom is -0.299 e. The monoisotopic (exact) mass is 204 g/mol. The highest BCUT2D eigenvalue weighted by atomic mass is 16.2. The van der Waals surface area contributed by atoms with Gasteiger partial charge in [0.25, 0.3) is 0 Å². The van der Waals surface area contributed by atoms with Crippen molar-refractivity contribution >= 4 is 11.6 Å². The zero-order valence-electron chi connectivity index (χ0n) is 8.92. The molecule has 0 amide bonds. The average Bonchev–Trinajstić information content (AvgIpc) is 2.45. The molecule has 1 atom stereocenters. The topological polar surface area (TPSA) is 34.1 Å². The molecule has 2 nitrogen and oxygen atoms in total. The van der Waals surface area contributed by atoms with E-state index >= 15 is 0 Å². The third kappa shape index (κ3) is 1.51. The molecule has 0 aromatic rings. The van der Waals surface area contributed by atoms with Crippen LogP contribution in [0.4, 0.5) is 0 Å². The van der Waals surface area contributed by atoms with E-state index in [9.17, 15) is 9.59 Å². The molecule has 2 heteroatoms. The van der Waals surface area contributed by atoms with Gasteiger partial charge in [-0.3, -0.25) is 9.59 Å². The summed E-state index contributed by atoms with van der Waals surface area (Å²) in [7, 11) is 0. The zero-order chi connectivity index (χ0) is 10.9. The largest absolute Gasteiger partial charge is 0.299 e. The summed E-state index contributed by atoms with van der Waals surface area (Å²) in [5.74, 6) is 2.63. The minimum atomic E-state index is -0.359. The van der Waals surface area contributed by atoms with Crippen LogP contribution in [0.5, 0.6) is 0 Å².